The molecule has 8 nitrogen and oxygen atoms in total. The van der Waals surface area contributed by atoms with Gasteiger partial charge >= 0.3 is 0 Å². The topological polar surface area (TPSA) is 122 Å². The van der Waals surface area contributed by atoms with E-state index < -0.39 is 14.9 Å². The van der Waals surface area contributed by atoms with Crippen molar-refractivity contribution in [3.63, 3.8) is 0 Å². The second-order valence-electron chi connectivity index (χ2n) is 3.12. The normalized spacial score (nSPS) is 11.6. The minimum atomic E-state index is -3.50. The van der Waals surface area contributed by atoms with Crippen molar-refractivity contribution in [3.8, 4) is 5.75 Å². The van der Waals surface area contributed by atoms with Crippen molar-refractivity contribution in [2.45, 2.75) is 0 Å². The molecule has 0 radical (unpaired) electrons. The number of aromatic hydroxyl groups is 1. The summed E-state index contributed by atoms with van der Waals surface area (Å²) in [5.41, 5.74) is -0.195. The quantitative estimate of drug-likeness (QED) is 0.454. The standard InChI is InChI=1S/C8H9N3O5S/c1-17(15,16)10-9-5-6-4-7(11(13)14)2-3-8(6)12/h2-5,10,12H,1H3/b9-5+. The van der Waals surface area contributed by atoms with E-state index in [1.807, 2.05) is 0 Å². The van der Waals surface area contributed by atoms with Crippen LogP contribution in [-0.4, -0.2) is 30.9 Å². The highest BCUT2D eigenvalue weighted by molar-refractivity contribution is 7.88. The van der Waals surface area contributed by atoms with Crippen LogP contribution in [0.15, 0.2) is 23.3 Å². The van der Waals surface area contributed by atoms with Gasteiger partial charge in [-0.25, -0.2) is 13.2 Å². The Bertz CT molecular complexity index is 567. The summed E-state index contributed by atoms with van der Waals surface area (Å²) in [5.74, 6) is -0.241. The van der Waals surface area contributed by atoms with Crippen LogP contribution in [0.2, 0.25) is 0 Å². The van der Waals surface area contributed by atoms with Crippen LogP contribution in [0.4, 0.5) is 5.69 Å². The molecule has 0 saturated carbocycles. The number of sulfonamides is 1. The smallest absolute Gasteiger partial charge is 0.270 e. The number of phenolic OH excluding ortho intramolecular Hbond substituents is 1. The van der Waals surface area contributed by atoms with Crippen LogP contribution in [0.3, 0.4) is 0 Å². The van der Waals surface area contributed by atoms with E-state index in [4.69, 9.17) is 0 Å². The van der Waals surface area contributed by atoms with E-state index in [1.54, 1.807) is 4.83 Å². The Balaban J connectivity index is 2.98. The molecule has 92 valence electrons. The minimum absolute atomic E-state index is 0.0374. The van der Waals surface area contributed by atoms with Crippen LogP contribution >= 0.6 is 0 Å². The zero-order valence-corrected chi connectivity index (χ0v) is 9.51. The lowest BCUT2D eigenvalue weighted by atomic mass is 10.2. The summed E-state index contributed by atoms with van der Waals surface area (Å²) in [5, 5.41) is 23.1. The zero-order chi connectivity index (χ0) is 13.1. The molecule has 0 spiro atoms. The molecule has 0 heterocycles. The number of rotatable bonds is 4. The second-order valence-corrected chi connectivity index (χ2v) is 4.85. The first-order chi connectivity index (χ1) is 7.79. The first kappa shape index (κ1) is 12.9. The van der Waals surface area contributed by atoms with Crippen LogP contribution in [0.1, 0.15) is 5.56 Å². The van der Waals surface area contributed by atoms with Crippen LogP contribution < -0.4 is 4.83 Å². The van der Waals surface area contributed by atoms with Crippen LogP contribution in [0.5, 0.6) is 5.75 Å². The summed E-state index contributed by atoms with van der Waals surface area (Å²) in [6.45, 7) is 0. The van der Waals surface area contributed by atoms with Gasteiger partial charge in [0, 0.05) is 17.7 Å². The van der Waals surface area contributed by atoms with Crippen molar-refractivity contribution in [1.82, 2.24) is 4.83 Å². The molecule has 17 heavy (non-hydrogen) atoms. The van der Waals surface area contributed by atoms with Crippen molar-refractivity contribution in [2.24, 2.45) is 5.10 Å². The van der Waals surface area contributed by atoms with E-state index in [0.717, 1.165) is 30.7 Å². The van der Waals surface area contributed by atoms with Crippen molar-refractivity contribution < 1.29 is 18.4 Å². The number of benzene rings is 1. The molecule has 0 saturated heterocycles. The number of nitro groups is 1. The molecule has 0 atom stereocenters. The Morgan fingerprint density at radius 1 is 1.53 bits per heavy atom. The molecule has 0 bridgehead atoms. The average molecular weight is 259 g/mol. The summed E-state index contributed by atoms with van der Waals surface area (Å²) >= 11 is 0. The predicted molar refractivity (Wildman–Crippen MR) is 60.3 cm³/mol. The Kier molecular flexibility index (Phi) is 3.63. The third-order valence-electron chi connectivity index (χ3n) is 1.64. The van der Waals surface area contributed by atoms with Gasteiger partial charge < -0.3 is 5.11 Å². The van der Waals surface area contributed by atoms with Crippen molar-refractivity contribution >= 4 is 21.9 Å². The van der Waals surface area contributed by atoms with Gasteiger partial charge in [0.2, 0.25) is 10.0 Å². The van der Waals surface area contributed by atoms with E-state index >= 15 is 0 Å². The maximum atomic E-state index is 10.7. The summed E-state index contributed by atoms with van der Waals surface area (Å²) in [6, 6.07) is 3.32. The monoisotopic (exact) mass is 259 g/mol. The highest BCUT2D eigenvalue weighted by Crippen LogP contribution is 2.21. The fourth-order valence-electron chi connectivity index (χ4n) is 0.951. The van der Waals surface area contributed by atoms with E-state index in [9.17, 15) is 23.6 Å². The Morgan fingerprint density at radius 3 is 2.71 bits per heavy atom. The van der Waals surface area contributed by atoms with Gasteiger partial charge in [0.15, 0.2) is 0 Å². The molecule has 1 aromatic carbocycles. The number of phenols is 1. The Morgan fingerprint density at radius 2 is 2.18 bits per heavy atom. The molecular weight excluding hydrogens is 250 g/mol. The lowest BCUT2D eigenvalue weighted by Gasteiger charge is -1.99. The number of hydrogen-bond donors (Lipinski definition) is 2. The fraction of sp³-hybridized carbons (Fsp3) is 0.125. The molecule has 1 rings (SSSR count). The number of hydrazone groups is 1. The van der Waals surface area contributed by atoms with E-state index in [1.165, 1.54) is 0 Å². The average Bonchev–Trinajstić information content (AvgIpc) is 2.18. The van der Waals surface area contributed by atoms with Gasteiger partial charge in [-0.05, 0) is 6.07 Å². The van der Waals surface area contributed by atoms with Crippen molar-refractivity contribution in [1.29, 1.82) is 0 Å². The second kappa shape index (κ2) is 4.78. The Labute approximate surface area is 96.8 Å². The third-order valence-corrected chi connectivity index (χ3v) is 2.08. The van der Waals surface area contributed by atoms with Crippen LogP contribution in [-0.2, 0) is 10.0 Å². The largest absolute Gasteiger partial charge is 0.507 e. The molecule has 0 aromatic heterocycles. The van der Waals surface area contributed by atoms with Gasteiger partial charge in [-0.15, -0.1) is 0 Å². The van der Waals surface area contributed by atoms with E-state index in [0.29, 0.717) is 0 Å². The highest BCUT2D eigenvalue weighted by atomic mass is 32.2. The SMILES string of the molecule is CS(=O)(=O)N/N=C/c1cc([N+](=O)[O-])ccc1O. The summed E-state index contributed by atoms with van der Waals surface area (Å²) in [7, 11) is -3.50. The first-order valence-corrected chi connectivity index (χ1v) is 6.16. The molecule has 9 heteroatoms. The lowest BCUT2D eigenvalue weighted by Crippen LogP contribution is -2.15. The molecule has 0 aliphatic rings. The van der Waals surface area contributed by atoms with Gasteiger partial charge in [-0.3, -0.25) is 10.1 Å². The fourth-order valence-corrected chi connectivity index (χ4v) is 1.19. The third kappa shape index (κ3) is 4.07. The molecule has 2 N–H and O–H groups in total. The number of nitrogens with zero attached hydrogens (tertiary/aromatic N) is 2. The van der Waals surface area contributed by atoms with Gasteiger partial charge in [0.25, 0.3) is 5.69 Å². The Hall–Kier alpha value is -2.16. The van der Waals surface area contributed by atoms with Crippen LogP contribution in [0.25, 0.3) is 0 Å². The zero-order valence-electron chi connectivity index (χ0n) is 8.69. The number of hydrogen-bond acceptors (Lipinski definition) is 6. The molecule has 1 aromatic rings. The summed E-state index contributed by atoms with van der Waals surface area (Å²) in [4.78, 5) is 11.6. The van der Waals surface area contributed by atoms with Gasteiger partial charge in [0.1, 0.15) is 5.75 Å². The number of nitro benzene ring substituents is 1. The first-order valence-electron chi connectivity index (χ1n) is 4.27. The maximum absolute atomic E-state index is 10.7. The van der Waals surface area contributed by atoms with E-state index in [2.05, 4.69) is 5.10 Å². The number of nitrogens with one attached hydrogen (secondary N) is 1. The highest BCUT2D eigenvalue weighted by Gasteiger charge is 2.08. The van der Waals surface area contributed by atoms with Crippen molar-refractivity contribution in [2.75, 3.05) is 6.26 Å². The summed E-state index contributed by atoms with van der Waals surface area (Å²) < 4.78 is 21.4. The van der Waals surface area contributed by atoms with Gasteiger partial charge in [-0.2, -0.15) is 5.10 Å². The molecule has 0 amide bonds. The molecule has 0 unspecified atom stereocenters. The molecule has 0 aliphatic carbocycles. The predicted octanol–water partition coefficient (Wildman–Crippen LogP) is 0.183. The summed E-state index contributed by atoms with van der Waals surface area (Å²) in [6.07, 6.45) is 1.88. The van der Waals surface area contributed by atoms with Gasteiger partial charge in [-0.1, -0.05) is 0 Å². The molecular formula is C8H9N3O5S. The van der Waals surface area contributed by atoms with Gasteiger partial charge in [0.05, 0.1) is 17.4 Å². The maximum Gasteiger partial charge on any atom is 0.270 e. The van der Waals surface area contributed by atoms with Crippen LogP contribution in [0, 0.1) is 10.1 Å². The van der Waals surface area contributed by atoms with E-state index in [-0.39, 0.29) is 17.0 Å². The molecule has 0 fully saturated rings. The van der Waals surface area contributed by atoms with Crippen molar-refractivity contribution in [3.05, 3.63) is 33.9 Å². The molecule has 0 aliphatic heterocycles. The number of non-ortho nitro benzene ring substituents is 1. The lowest BCUT2D eigenvalue weighted by molar-refractivity contribution is -0.384. The minimum Gasteiger partial charge on any atom is -0.507 e.